The van der Waals surface area contributed by atoms with E-state index in [1.807, 2.05) is 23.1 Å². The zero-order valence-corrected chi connectivity index (χ0v) is 27.7. The van der Waals surface area contributed by atoms with Gasteiger partial charge in [-0.1, -0.05) is 55.0 Å². The maximum absolute atomic E-state index is 15.3. The zero-order chi connectivity index (χ0) is 34.8. The van der Waals surface area contributed by atoms with Crippen LogP contribution in [0, 0.1) is 17.3 Å². The van der Waals surface area contributed by atoms with Gasteiger partial charge in [0, 0.05) is 56.0 Å². The number of hydrogen-bond donors (Lipinski definition) is 1. The molecule has 5 atom stereocenters. The number of halogens is 5. The van der Waals surface area contributed by atoms with Crippen LogP contribution in [0.15, 0.2) is 77.4 Å². The number of carbonyl (C=O) groups is 2. The Balaban J connectivity index is 1.15. The molecule has 10 heteroatoms. The first kappa shape index (κ1) is 34.1. The molecule has 1 heterocycles. The topological polar surface area (TPSA) is 60.9 Å². The van der Waals surface area contributed by atoms with E-state index in [1.165, 1.54) is 12.5 Å². The number of benzene rings is 2. The minimum Gasteiger partial charge on any atom is -0.383 e. The second-order valence-electron chi connectivity index (χ2n) is 15.0. The van der Waals surface area contributed by atoms with Crippen molar-refractivity contribution in [3.8, 4) is 0 Å². The van der Waals surface area contributed by atoms with E-state index in [2.05, 4.69) is 17.0 Å². The van der Waals surface area contributed by atoms with Crippen LogP contribution in [0.3, 0.4) is 0 Å². The third-order valence-electron chi connectivity index (χ3n) is 12.5. The van der Waals surface area contributed by atoms with Gasteiger partial charge < -0.3 is 10.0 Å². The van der Waals surface area contributed by atoms with Crippen LogP contribution in [-0.4, -0.2) is 77.0 Å². The van der Waals surface area contributed by atoms with Gasteiger partial charge in [0.05, 0.1) is 0 Å². The van der Waals surface area contributed by atoms with Crippen LogP contribution in [0.25, 0.3) is 0 Å². The molecule has 4 aliphatic carbocycles. The molecule has 2 aromatic carbocycles. The van der Waals surface area contributed by atoms with Gasteiger partial charge in [-0.25, -0.2) is 0 Å². The fourth-order valence-corrected chi connectivity index (χ4v) is 9.86. The monoisotopic (exact) mass is 682 g/mol. The predicted molar refractivity (Wildman–Crippen MR) is 175 cm³/mol. The molecule has 1 saturated heterocycles. The van der Waals surface area contributed by atoms with Gasteiger partial charge in [-0.3, -0.25) is 14.5 Å². The molecule has 0 bridgehead atoms. The van der Waals surface area contributed by atoms with Crippen LogP contribution in [0.5, 0.6) is 0 Å². The van der Waals surface area contributed by atoms with Gasteiger partial charge in [0.15, 0.2) is 5.78 Å². The highest BCUT2D eigenvalue weighted by atomic mass is 19.4. The number of alkyl halides is 5. The summed E-state index contributed by atoms with van der Waals surface area (Å²) >= 11 is 0. The Morgan fingerprint density at radius 3 is 2.29 bits per heavy atom. The molecule has 0 aromatic heterocycles. The zero-order valence-electron chi connectivity index (χ0n) is 27.7. The number of fused-ring (bicyclic) bond motifs is 4. The molecule has 2 unspecified atom stereocenters. The lowest BCUT2D eigenvalue weighted by atomic mass is 9.50. The smallest absolute Gasteiger partial charge is 0.383 e. The number of nitrogens with zero attached hydrogens (tertiary/aromatic N) is 2. The largest absolute Gasteiger partial charge is 0.456 e. The summed E-state index contributed by atoms with van der Waals surface area (Å²) in [6.45, 7) is 5.05. The van der Waals surface area contributed by atoms with Crippen molar-refractivity contribution in [2.75, 3.05) is 32.7 Å². The Kier molecular flexibility index (Phi) is 8.66. The second-order valence-corrected chi connectivity index (χ2v) is 15.0. The first-order valence-corrected chi connectivity index (χ1v) is 17.5. The Morgan fingerprint density at radius 1 is 0.918 bits per heavy atom. The van der Waals surface area contributed by atoms with Crippen molar-refractivity contribution >= 4 is 11.7 Å². The van der Waals surface area contributed by atoms with Gasteiger partial charge in [0.1, 0.15) is 5.60 Å². The van der Waals surface area contributed by atoms with Crippen LogP contribution in [0.4, 0.5) is 22.0 Å². The Hall–Kier alpha value is -3.37. The van der Waals surface area contributed by atoms with Crippen molar-refractivity contribution in [3.05, 3.63) is 94.1 Å². The van der Waals surface area contributed by atoms with Crippen LogP contribution < -0.4 is 0 Å². The van der Waals surface area contributed by atoms with E-state index in [4.69, 9.17) is 0 Å². The number of carbonyl (C=O) groups excluding carboxylic acids is 2. The van der Waals surface area contributed by atoms with E-state index in [0.717, 1.165) is 48.3 Å². The minimum atomic E-state index is -5.89. The Bertz CT molecular complexity index is 1660. The standard InChI is InChI=1S/C39H43F5N2O3/c1-36-24-32(26-7-9-27(10-8-26)35(48)46-21-19-45(20-22-46)18-16-25-5-3-2-4-6-25)34-30-14-12-29(47)23-28(30)11-13-31(34)33(36)15-17-37(36,49)38(40,41)39(42,43)44/h2-10,23,31-33,49H,11-22,24H2,1H3/t31?,32-,33+,36?,37+/m1/s1. The maximum atomic E-state index is 15.3. The van der Waals surface area contributed by atoms with Crippen molar-refractivity contribution in [1.82, 2.24) is 9.80 Å². The summed E-state index contributed by atoms with van der Waals surface area (Å²) in [4.78, 5) is 30.1. The van der Waals surface area contributed by atoms with Gasteiger partial charge >= 0.3 is 12.1 Å². The summed E-state index contributed by atoms with van der Waals surface area (Å²) in [5.74, 6) is -6.73. The highest BCUT2D eigenvalue weighted by Crippen LogP contribution is 2.70. The predicted octanol–water partition coefficient (Wildman–Crippen LogP) is 7.52. The highest BCUT2D eigenvalue weighted by Gasteiger charge is 2.79. The van der Waals surface area contributed by atoms with Gasteiger partial charge in [-0.15, -0.1) is 0 Å². The molecule has 5 aliphatic rings. The van der Waals surface area contributed by atoms with E-state index in [9.17, 15) is 27.9 Å². The first-order valence-electron chi connectivity index (χ1n) is 17.5. The lowest BCUT2D eigenvalue weighted by molar-refractivity contribution is -0.362. The van der Waals surface area contributed by atoms with Gasteiger partial charge in [-0.05, 0) is 97.3 Å². The maximum Gasteiger partial charge on any atom is 0.456 e. The summed E-state index contributed by atoms with van der Waals surface area (Å²) in [7, 11) is 0. The lowest BCUT2D eigenvalue weighted by Gasteiger charge is -2.56. The number of amides is 1. The summed E-state index contributed by atoms with van der Waals surface area (Å²) in [6, 6.07) is 17.3. The highest BCUT2D eigenvalue weighted by molar-refractivity contribution is 5.94. The number of ketones is 1. The third-order valence-corrected chi connectivity index (χ3v) is 12.5. The fraction of sp³-hybridized carbons (Fsp3) is 0.538. The number of aliphatic hydroxyl groups is 1. The number of hydrogen-bond acceptors (Lipinski definition) is 4. The molecule has 0 radical (unpaired) electrons. The molecule has 2 saturated carbocycles. The molecule has 5 nitrogen and oxygen atoms in total. The molecule has 1 N–H and O–H groups in total. The van der Waals surface area contributed by atoms with Gasteiger partial charge in [-0.2, -0.15) is 22.0 Å². The number of piperazine rings is 1. The normalized spacial score (nSPS) is 30.8. The quantitative estimate of drug-likeness (QED) is 0.321. The van der Waals surface area contributed by atoms with Gasteiger partial charge in [0.25, 0.3) is 5.91 Å². The van der Waals surface area contributed by atoms with Crippen molar-refractivity contribution in [3.63, 3.8) is 0 Å². The summed E-state index contributed by atoms with van der Waals surface area (Å²) in [6.07, 6.45) is -2.04. The average molecular weight is 683 g/mol. The average Bonchev–Trinajstić information content (AvgIpc) is 3.37. The van der Waals surface area contributed by atoms with Crippen molar-refractivity contribution in [1.29, 1.82) is 0 Å². The summed E-state index contributed by atoms with van der Waals surface area (Å²) in [5.41, 5.74) is 0.474. The van der Waals surface area contributed by atoms with Crippen molar-refractivity contribution < 1.29 is 36.6 Å². The van der Waals surface area contributed by atoms with Crippen molar-refractivity contribution in [2.24, 2.45) is 17.3 Å². The fourth-order valence-electron chi connectivity index (χ4n) is 9.86. The second kappa shape index (κ2) is 12.4. The van der Waals surface area contributed by atoms with Crippen LogP contribution in [0.2, 0.25) is 0 Å². The molecule has 262 valence electrons. The Labute approximate surface area is 283 Å². The minimum absolute atomic E-state index is 0.0370. The molecular weight excluding hydrogens is 639 g/mol. The summed E-state index contributed by atoms with van der Waals surface area (Å²) in [5, 5.41) is 11.5. The molecule has 3 fully saturated rings. The van der Waals surface area contributed by atoms with Gasteiger partial charge in [0.2, 0.25) is 0 Å². The van der Waals surface area contributed by atoms with Crippen LogP contribution >= 0.6 is 0 Å². The molecule has 1 amide bonds. The van der Waals surface area contributed by atoms with Crippen LogP contribution in [-0.2, 0) is 11.2 Å². The van der Waals surface area contributed by atoms with E-state index in [1.54, 1.807) is 30.3 Å². The Morgan fingerprint density at radius 2 is 1.61 bits per heavy atom. The molecule has 1 aliphatic heterocycles. The van der Waals surface area contributed by atoms with E-state index in [-0.39, 0.29) is 30.4 Å². The lowest BCUT2D eigenvalue weighted by Crippen LogP contribution is -2.65. The molecule has 0 spiro atoms. The third kappa shape index (κ3) is 5.67. The first-order chi connectivity index (χ1) is 23.2. The van der Waals surface area contributed by atoms with Crippen LogP contribution in [0.1, 0.15) is 79.3 Å². The van der Waals surface area contributed by atoms with E-state index in [0.29, 0.717) is 44.3 Å². The molecular formula is C39H43F5N2O3. The summed E-state index contributed by atoms with van der Waals surface area (Å²) < 4.78 is 72.2. The number of rotatable bonds is 6. The van der Waals surface area contributed by atoms with E-state index >= 15 is 8.78 Å². The number of allylic oxidation sites excluding steroid dienone is 4. The van der Waals surface area contributed by atoms with E-state index < -0.39 is 41.4 Å². The molecule has 7 rings (SSSR count). The molecule has 49 heavy (non-hydrogen) atoms. The molecule has 2 aromatic rings. The SMILES string of the molecule is CC12C[C@H](c3ccc(C(=O)N4CCN(CCc5ccccc5)CC4)cc3)C3=C4CCC(=O)C=C4CCC3[C@@H]1CC[C@@]2(O)C(F)(F)C(F)(F)F. The van der Waals surface area contributed by atoms with Crippen molar-refractivity contribution in [2.45, 2.75) is 81.9 Å².